The molecule has 0 aromatic heterocycles. The standard InChI is InChI=1S/C76H147NO5/c1-3-5-7-9-11-13-15-17-19-20-34-37-41-44-48-52-56-60-64-68-74(79)73(72-78)77-75(80)69-65-61-57-53-49-45-42-38-35-32-30-28-26-24-22-21-23-25-27-29-31-33-36-39-43-47-51-55-59-63-67-71-82-76(81)70-66-62-58-54-50-46-40-18-16-14-12-10-8-6-4-2/h18,40,64,68,73-74,78-79H,3-17,19-39,41-63,65-67,69-72H2,1-2H3,(H,77,80)/b40-18-,68-64+. The average molecular weight is 1160 g/mol. The van der Waals surface area contributed by atoms with Crippen LogP contribution < -0.4 is 5.32 Å². The fourth-order valence-corrected chi connectivity index (χ4v) is 12.0. The van der Waals surface area contributed by atoms with E-state index in [1.165, 1.54) is 353 Å². The summed E-state index contributed by atoms with van der Waals surface area (Å²) in [6.45, 7) is 4.94. The molecule has 3 N–H and O–H groups in total. The zero-order valence-corrected chi connectivity index (χ0v) is 55.8. The van der Waals surface area contributed by atoms with Gasteiger partial charge in [-0.1, -0.05) is 378 Å². The number of aliphatic hydroxyl groups is 2. The van der Waals surface area contributed by atoms with Crippen molar-refractivity contribution in [3.05, 3.63) is 24.3 Å². The molecule has 0 aliphatic rings. The number of aliphatic hydroxyl groups excluding tert-OH is 2. The lowest BCUT2D eigenvalue weighted by Gasteiger charge is -2.20. The molecule has 0 aliphatic heterocycles. The van der Waals surface area contributed by atoms with Gasteiger partial charge >= 0.3 is 5.97 Å². The van der Waals surface area contributed by atoms with E-state index >= 15 is 0 Å². The van der Waals surface area contributed by atoms with E-state index in [1.807, 2.05) is 6.08 Å². The number of ether oxygens (including phenoxy) is 1. The van der Waals surface area contributed by atoms with Gasteiger partial charge in [0.05, 0.1) is 25.4 Å². The Morgan fingerprint density at radius 3 is 0.866 bits per heavy atom. The van der Waals surface area contributed by atoms with Gasteiger partial charge in [0.2, 0.25) is 5.91 Å². The number of allylic oxidation sites excluding steroid dienone is 3. The second kappa shape index (κ2) is 71.8. The number of esters is 1. The van der Waals surface area contributed by atoms with Crippen LogP contribution in [0, 0.1) is 0 Å². The van der Waals surface area contributed by atoms with Crippen molar-refractivity contribution in [2.75, 3.05) is 13.2 Å². The fraction of sp³-hybridized carbons (Fsp3) is 0.921. The molecule has 0 radical (unpaired) electrons. The molecule has 0 aromatic carbocycles. The SMILES string of the molecule is CCCCCCCC/C=C\CCCCCCCC(=O)OCCCCCCCCCCCCCCCCCCCCCCCCCCCCCCCCCC(=O)NC(CO)C(O)/C=C/CCCCCCCCCCCCCCCCCCC. The van der Waals surface area contributed by atoms with E-state index in [1.54, 1.807) is 6.08 Å². The van der Waals surface area contributed by atoms with Crippen LogP contribution in [0.4, 0.5) is 0 Å². The van der Waals surface area contributed by atoms with Gasteiger partial charge in [0.15, 0.2) is 0 Å². The Labute approximate surface area is 513 Å². The Balaban J connectivity index is 3.35. The minimum Gasteiger partial charge on any atom is -0.466 e. The highest BCUT2D eigenvalue weighted by molar-refractivity contribution is 5.76. The van der Waals surface area contributed by atoms with Gasteiger partial charge in [-0.05, 0) is 57.8 Å². The summed E-state index contributed by atoms with van der Waals surface area (Å²) in [7, 11) is 0. The van der Waals surface area contributed by atoms with Crippen LogP contribution in [0.3, 0.4) is 0 Å². The molecule has 82 heavy (non-hydrogen) atoms. The fourth-order valence-electron chi connectivity index (χ4n) is 12.0. The van der Waals surface area contributed by atoms with Gasteiger partial charge in [0.25, 0.3) is 0 Å². The lowest BCUT2D eigenvalue weighted by molar-refractivity contribution is -0.143. The van der Waals surface area contributed by atoms with Crippen LogP contribution in [0.1, 0.15) is 425 Å². The Kier molecular flexibility index (Phi) is 70.4. The largest absolute Gasteiger partial charge is 0.466 e. The first-order valence-corrected chi connectivity index (χ1v) is 37.6. The summed E-state index contributed by atoms with van der Waals surface area (Å²) in [6, 6.07) is -0.625. The van der Waals surface area contributed by atoms with Crippen molar-refractivity contribution in [1.82, 2.24) is 5.32 Å². The Morgan fingerprint density at radius 1 is 0.329 bits per heavy atom. The van der Waals surface area contributed by atoms with E-state index in [0.29, 0.717) is 19.4 Å². The highest BCUT2D eigenvalue weighted by Crippen LogP contribution is 2.19. The summed E-state index contributed by atoms with van der Waals surface area (Å²) < 4.78 is 5.50. The molecule has 0 saturated carbocycles. The Hall–Kier alpha value is -1.66. The molecule has 6 heteroatoms. The lowest BCUT2D eigenvalue weighted by Crippen LogP contribution is -2.45. The van der Waals surface area contributed by atoms with Gasteiger partial charge in [-0.15, -0.1) is 0 Å². The molecule has 6 nitrogen and oxygen atoms in total. The predicted molar refractivity (Wildman–Crippen MR) is 361 cm³/mol. The Morgan fingerprint density at radius 2 is 0.573 bits per heavy atom. The summed E-state index contributed by atoms with van der Waals surface area (Å²) in [4.78, 5) is 24.6. The number of nitrogens with one attached hydrogen (secondary N) is 1. The first-order valence-electron chi connectivity index (χ1n) is 37.6. The number of amides is 1. The van der Waals surface area contributed by atoms with Crippen molar-refractivity contribution in [2.45, 2.75) is 437 Å². The van der Waals surface area contributed by atoms with Crippen LogP contribution >= 0.6 is 0 Å². The van der Waals surface area contributed by atoms with Gasteiger partial charge in [-0.2, -0.15) is 0 Å². The highest BCUT2D eigenvalue weighted by atomic mass is 16.5. The molecule has 0 aliphatic carbocycles. The minimum atomic E-state index is -0.842. The summed E-state index contributed by atoms with van der Waals surface area (Å²) in [5.41, 5.74) is 0. The van der Waals surface area contributed by atoms with Crippen LogP contribution in [-0.4, -0.2) is 47.4 Å². The second-order valence-electron chi connectivity index (χ2n) is 26.0. The summed E-state index contributed by atoms with van der Waals surface area (Å²) in [5, 5.41) is 23.2. The molecule has 0 bridgehead atoms. The Bertz CT molecular complexity index is 1280. The number of carbonyl (C=O) groups excluding carboxylic acids is 2. The van der Waals surface area contributed by atoms with E-state index in [4.69, 9.17) is 4.74 Å². The molecule has 0 spiro atoms. The number of hydrogen-bond acceptors (Lipinski definition) is 5. The monoisotopic (exact) mass is 1150 g/mol. The number of rotatable bonds is 71. The van der Waals surface area contributed by atoms with E-state index in [-0.39, 0.29) is 18.5 Å². The van der Waals surface area contributed by atoms with Crippen molar-refractivity contribution < 1.29 is 24.5 Å². The van der Waals surface area contributed by atoms with Crippen LogP contribution in [0.2, 0.25) is 0 Å². The third-order valence-corrected chi connectivity index (χ3v) is 17.7. The summed E-state index contributed by atoms with van der Waals surface area (Å²) >= 11 is 0. The smallest absolute Gasteiger partial charge is 0.305 e. The van der Waals surface area contributed by atoms with Gasteiger partial charge in [0, 0.05) is 12.8 Å². The maximum atomic E-state index is 12.5. The van der Waals surface area contributed by atoms with Gasteiger partial charge in [0.1, 0.15) is 0 Å². The number of carbonyl (C=O) groups is 2. The van der Waals surface area contributed by atoms with Gasteiger partial charge < -0.3 is 20.3 Å². The molecular formula is C76H147NO5. The third-order valence-electron chi connectivity index (χ3n) is 17.7. The van der Waals surface area contributed by atoms with Crippen LogP contribution in [-0.2, 0) is 14.3 Å². The molecule has 0 saturated heterocycles. The van der Waals surface area contributed by atoms with E-state index in [9.17, 15) is 19.8 Å². The lowest BCUT2D eigenvalue weighted by atomic mass is 10.0. The molecule has 486 valence electrons. The maximum Gasteiger partial charge on any atom is 0.305 e. The normalized spacial score (nSPS) is 12.6. The van der Waals surface area contributed by atoms with Gasteiger partial charge in [-0.25, -0.2) is 0 Å². The van der Waals surface area contributed by atoms with Crippen LogP contribution in [0.15, 0.2) is 24.3 Å². The molecular weight excluding hydrogens is 1010 g/mol. The molecule has 2 unspecified atom stereocenters. The number of unbranched alkanes of at least 4 members (excludes halogenated alkanes) is 58. The second-order valence-corrected chi connectivity index (χ2v) is 26.0. The molecule has 2 atom stereocenters. The van der Waals surface area contributed by atoms with Crippen molar-refractivity contribution in [3.63, 3.8) is 0 Å². The molecule has 0 rings (SSSR count). The molecule has 1 amide bonds. The van der Waals surface area contributed by atoms with Crippen molar-refractivity contribution in [2.24, 2.45) is 0 Å². The predicted octanol–water partition coefficient (Wildman–Crippen LogP) is 24.5. The number of hydrogen-bond donors (Lipinski definition) is 3. The summed E-state index contributed by atoms with van der Waals surface area (Å²) in [5.74, 6) is -0.0464. The van der Waals surface area contributed by atoms with Crippen molar-refractivity contribution in [3.8, 4) is 0 Å². The average Bonchev–Trinajstić information content (AvgIpc) is 3.48. The first-order chi connectivity index (χ1) is 40.5. The zero-order valence-electron chi connectivity index (χ0n) is 55.8. The topological polar surface area (TPSA) is 95.9 Å². The maximum absolute atomic E-state index is 12.5. The highest BCUT2D eigenvalue weighted by Gasteiger charge is 2.18. The molecule has 0 fully saturated rings. The van der Waals surface area contributed by atoms with Crippen molar-refractivity contribution >= 4 is 11.9 Å². The minimum absolute atomic E-state index is 0.0132. The quantitative estimate of drug-likeness (QED) is 0.0320. The van der Waals surface area contributed by atoms with Crippen LogP contribution in [0.25, 0.3) is 0 Å². The molecule has 0 heterocycles. The van der Waals surface area contributed by atoms with E-state index < -0.39 is 12.1 Å². The van der Waals surface area contributed by atoms with Gasteiger partial charge in [-0.3, -0.25) is 9.59 Å². The van der Waals surface area contributed by atoms with Crippen molar-refractivity contribution in [1.29, 1.82) is 0 Å². The molecule has 0 aromatic rings. The summed E-state index contributed by atoms with van der Waals surface area (Å²) in [6.07, 6.45) is 91.4. The zero-order chi connectivity index (χ0) is 59.2. The third kappa shape index (κ3) is 67.5. The first kappa shape index (κ1) is 80.3. The van der Waals surface area contributed by atoms with E-state index in [2.05, 4.69) is 31.3 Å². The van der Waals surface area contributed by atoms with E-state index in [0.717, 1.165) is 44.9 Å². The van der Waals surface area contributed by atoms with Crippen LogP contribution in [0.5, 0.6) is 0 Å².